The lowest BCUT2D eigenvalue weighted by Gasteiger charge is -2.10. The number of carbonyl (C=O) groups is 2. The number of carbonyl (C=O) groups excluding carboxylic acids is 1. The van der Waals surface area contributed by atoms with E-state index in [9.17, 15) is 9.59 Å². The third kappa shape index (κ3) is 4.25. The van der Waals surface area contributed by atoms with Crippen LogP contribution in [0.1, 0.15) is 24.6 Å². The van der Waals surface area contributed by atoms with Crippen molar-refractivity contribution in [2.24, 2.45) is 0 Å². The molecule has 0 saturated carbocycles. The van der Waals surface area contributed by atoms with Gasteiger partial charge in [0, 0.05) is 19.3 Å². The van der Waals surface area contributed by atoms with Crippen molar-refractivity contribution in [3.63, 3.8) is 0 Å². The first-order valence-corrected chi connectivity index (χ1v) is 5.27. The first kappa shape index (κ1) is 13.7. The van der Waals surface area contributed by atoms with Gasteiger partial charge in [0.05, 0.1) is 0 Å². The van der Waals surface area contributed by atoms with Gasteiger partial charge in [0.25, 0.3) is 0 Å². The number of carboxylic acids is 1. The van der Waals surface area contributed by atoms with Crippen LogP contribution in [0.4, 0.5) is 0 Å². The Morgan fingerprint density at radius 1 is 1.61 bits per heavy atom. The molecule has 96 valence electrons. The zero-order valence-electron chi connectivity index (χ0n) is 9.84. The van der Waals surface area contributed by atoms with Gasteiger partial charge in [-0.05, 0) is 6.92 Å². The van der Waals surface area contributed by atoms with E-state index in [2.05, 4.69) is 21.4 Å². The molecule has 1 aromatic rings. The lowest BCUT2D eigenvalue weighted by molar-refractivity contribution is -0.141. The summed E-state index contributed by atoms with van der Waals surface area (Å²) in [7, 11) is 0. The molecule has 0 saturated heterocycles. The number of aromatic nitrogens is 2. The van der Waals surface area contributed by atoms with Gasteiger partial charge in [-0.25, -0.2) is 4.79 Å². The Hall–Kier alpha value is -2.36. The van der Waals surface area contributed by atoms with Crippen molar-refractivity contribution in [3.8, 4) is 12.3 Å². The number of nitrogens with one attached hydrogen (secondary N) is 1. The van der Waals surface area contributed by atoms with Crippen LogP contribution in [0.5, 0.6) is 0 Å². The maximum atomic E-state index is 11.5. The molecule has 0 aliphatic heterocycles. The van der Waals surface area contributed by atoms with Crippen molar-refractivity contribution in [2.45, 2.75) is 32.2 Å². The SMILES string of the molecule is C#CCC(NC(=O)CCc1nc(C)no1)C(=O)O. The minimum atomic E-state index is -1.16. The number of hydrogen-bond donors (Lipinski definition) is 2. The molecule has 2 N–H and O–H groups in total. The summed E-state index contributed by atoms with van der Waals surface area (Å²) in [4.78, 5) is 26.2. The third-order valence-electron chi connectivity index (χ3n) is 2.09. The van der Waals surface area contributed by atoms with Gasteiger partial charge >= 0.3 is 5.97 Å². The van der Waals surface area contributed by atoms with E-state index in [-0.39, 0.29) is 19.3 Å². The number of terminal acetylenes is 1. The number of nitrogens with zero attached hydrogens (tertiary/aromatic N) is 2. The van der Waals surface area contributed by atoms with Crippen LogP contribution in [-0.4, -0.2) is 33.2 Å². The normalized spacial score (nSPS) is 11.6. The maximum absolute atomic E-state index is 11.5. The highest BCUT2D eigenvalue weighted by molar-refractivity contribution is 5.83. The molecule has 0 spiro atoms. The molecular weight excluding hydrogens is 238 g/mol. The lowest BCUT2D eigenvalue weighted by Crippen LogP contribution is -2.40. The van der Waals surface area contributed by atoms with Gasteiger partial charge < -0.3 is 14.9 Å². The molecular formula is C11H13N3O4. The van der Waals surface area contributed by atoms with Gasteiger partial charge in [0.15, 0.2) is 5.82 Å². The quantitative estimate of drug-likeness (QED) is 0.684. The summed E-state index contributed by atoms with van der Waals surface area (Å²) < 4.78 is 4.82. The molecule has 0 aromatic carbocycles. The molecule has 7 heteroatoms. The van der Waals surface area contributed by atoms with Crippen molar-refractivity contribution < 1.29 is 19.2 Å². The molecule has 1 rings (SSSR count). The molecule has 18 heavy (non-hydrogen) atoms. The average Bonchev–Trinajstić information content (AvgIpc) is 2.72. The van der Waals surface area contributed by atoms with Crippen LogP contribution in [-0.2, 0) is 16.0 Å². The fourth-order valence-electron chi connectivity index (χ4n) is 1.25. The van der Waals surface area contributed by atoms with E-state index in [1.165, 1.54) is 0 Å². The minimum Gasteiger partial charge on any atom is -0.480 e. The Morgan fingerprint density at radius 2 is 2.33 bits per heavy atom. The highest BCUT2D eigenvalue weighted by atomic mass is 16.5. The van der Waals surface area contributed by atoms with Crippen LogP contribution in [0.2, 0.25) is 0 Å². The topological polar surface area (TPSA) is 105 Å². The van der Waals surface area contributed by atoms with Crippen LogP contribution in [0.15, 0.2) is 4.52 Å². The monoisotopic (exact) mass is 251 g/mol. The fourth-order valence-corrected chi connectivity index (χ4v) is 1.25. The number of hydrogen-bond acceptors (Lipinski definition) is 5. The van der Waals surface area contributed by atoms with E-state index >= 15 is 0 Å². The summed E-state index contributed by atoms with van der Waals surface area (Å²) in [5, 5.41) is 14.7. The van der Waals surface area contributed by atoms with E-state index in [1.54, 1.807) is 6.92 Å². The lowest BCUT2D eigenvalue weighted by atomic mass is 10.2. The van der Waals surface area contributed by atoms with E-state index in [0.717, 1.165) is 0 Å². The zero-order valence-corrected chi connectivity index (χ0v) is 9.84. The van der Waals surface area contributed by atoms with Gasteiger partial charge in [0.2, 0.25) is 11.8 Å². The summed E-state index contributed by atoms with van der Waals surface area (Å²) >= 11 is 0. The van der Waals surface area contributed by atoms with Crippen molar-refractivity contribution in [3.05, 3.63) is 11.7 Å². The molecule has 1 heterocycles. The summed E-state index contributed by atoms with van der Waals surface area (Å²) in [5.41, 5.74) is 0. The first-order valence-electron chi connectivity index (χ1n) is 5.27. The number of amides is 1. The molecule has 7 nitrogen and oxygen atoms in total. The molecule has 0 bridgehead atoms. The molecule has 1 aromatic heterocycles. The highest BCUT2D eigenvalue weighted by Crippen LogP contribution is 2.01. The second kappa shape index (κ2) is 6.39. The Morgan fingerprint density at radius 3 is 2.83 bits per heavy atom. The smallest absolute Gasteiger partial charge is 0.327 e. The molecule has 1 unspecified atom stereocenters. The molecule has 0 radical (unpaired) electrons. The Labute approximate surface area is 104 Å². The largest absolute Gasteiger partial charge is 0.480 e. The predicted octanol–water partition coefficient (Wildman–Crippen LogP) is -0.0967. The van der Waals surface area contributed by atoms with Gasteiger partial charge in [-0.15, -0.1) is 12.3 Å². The molecule has 0 aliphatic rings. The molecule has 0 fully saturated rings. The maximum Gasteiger partial charge on any atom is 0.327 e. The summed E-state index contributed by atoms with van der Waals surface area (Å²) in [5.74, 6) is 1.44. The van der Waals surface area contributed by atoms with Gasteiger partial charge in [-0.1, -0.05) is 5.16 Å². The number of aryl methyl sites for hydroxylation is 2. The second-order valence-electron chi connectivity index (χ2n) is 3.60. The zero-order chi connectivity index (χ0) is 13.5. The minimum absolute atomic E-state index is 0.0548. The van der Waals surface area contributed by atoms with E-state index in [4.69, 9.17) is 16.1 Å². The summed E-state index contributed by atoms with van der Waals surface area (Å²) in [6.07, 6.45) is 5.28. The van der Waals surface area contributed by atoms with E-state index in [0.29, 0.717) is 11.7 Å². The van der Waals surface area contributed by atoms with Gasteiger partial charge in [-0.2, -0.15) is 4.98 Å². The van der Waals surface area contributed by atoms with Crippen molar-refractivity contribution in [2.75, 3.05) is 0 Å². The van der Waals surface area contributed by atoms with Crippen LogP contribution < -0.4 is 5.32 Å². The van der Waals surface area contributed by atoms with Gasteiger partial charge in [0.1, 0.15) is 6.04 Å². The van der Waals surface area contributed by atoms with Crippen LogP contribution in [0.3, 0.4) is 0 Å². The molecule has 1 atom stereocenters. The summed E-state index contributed by atoms with van der Waals surface area (Å²) in [6.45, 7) is 1.67. The van der Waals surface area contributed by atoms with Crippen LogP contribution in [0.25, 0.3) is 0 Å². The van der Waals surface area contributed by atoms with Crippen molar-refractivity contribution in [1.82, 2.24) is 15.5 Å². The first-order chi connectivity index (χ1) is 8.52. The number of carboxylic acid groups (broad SMARTS) is 1. The fraction of sp³-hybridized carbons (Fsp3) is 0.455. The Bertz CT molecular complexity index is 475. The Kier molecular flexibility index (Phi) is 4.87. The van der Waals surface area contributed by atoms with Crippen molar-refractivity contribution >= 4 is 11.9 Å². The van der Waals surface area contributed by atoms with E-state index in [1.807, 2.05) is 0 Å². The van der Waals surface area contributed by atoms with Crippen LogP contribution >= 0.6 is 0 Å². The average molecular weight is 251 g/mol. The van der Waals surface area contributed by atoms with Crippen LogP contribution in [0, 0.1) is 19.3 Å². The predicted molar refractivity (Wildman–Crippen MR) is 60.4 cm³/mol. The number of rotatable bonds is 6. The standard InChI is InChI=1S/C11H13N3O4/c1-3-4-8(11(16)17)13-9(15)5-6-10-12-7(2)14-18-10/h1,8H,4-6H2,2H3,(H,13,15)(H,16,17). The van der Waals surface area contributed by atoms with E-state index < -0.39 is 17.9 Å². The molecule has 0 aliphatic carbocycles. The number of aliphatic carboxylic acids is 1. The highest BCUT2D eigenvalue weighted by Gasteiger charge is 2.18. The Balaban J connectivity index is 2.41. The van der Waals surface area contributed by atoms with Crippen molar-refractivity contribution in [1.29, 1.82) is 0 Å². The van der Waals surface area contributed by atoms with Gasteiger partial charge in [-0.3, -0.25) is 4.79 Å². The third-order valence-corrected chi connectivity index (χ3v) is 2.09. The molecule has 1 amide bonds. The second-order valence-corrected chi connectivity index (χ2v) is 3.60. The summed E-state index contributed by atoms with van der Waals surface area (Å²) in [6, 6.07) is -1.06.